The Labute approximate surface area is 398 Å². The first-order chi connectivity index (χ1) is 33.8. The molecule has 0 amide bonds. The van der Waals surface area contributed by atoms with Crippen LogP contribution in [-0.2, 0) is 0 Å². The lowest BCUT2D eigenvalue weighted by Gasteiger charge is -2.31. The van der Waals surface area contributed by atoms with E-state index in [1.54, 1.807) is 0 Å². The minimum Gasteiger partial charge on any atom is -0.309 e. The van der Waals surface area contributed by atoms with Crippen molar-refractivity contribution >= 4 is 71.2 Å². The summed E-state index contributed by atoms with van der Waals surface area (Å²) in [6, 6.07) is 88.0. The minimum atomic E-state index is 0.564. The molecule has 0 bridgehead atoms. The van der Waals surface area contributed by atoms with Crippen LogP contribution in [0.4, 0.5) is 17.1 Å². The number of hydrogen-bond acceptors (Lipinski definition) is 1. The van der Waals surface area contributed by atoms with Gasteiger partial charge in [0.2, 0.25) is 0 Å². The van der Waals surface area contributed by atoms with Crippen LogP contribution in [0.2, 0.25) is 0 Å². The molecule has 13 rings (SSSR count). The number of nitrogens with zero attached hydrogens (tertiary/aromatic N) is 2. The van der Waals surface area contributed by atoms with E-state index < -0.39 is 0 Å². The van der Waals surface area contributed by atoms with E-state index in [0.29, 0.717) is 5.92 Å². The van der Waals surface area contributed by atoms with E-state index in [1.165, 1.54) is 120 Å². The summed E-state index contributed by atoms with van der Waals surface area (Å²) < 4.78 is 2.41. The molecule has 1 fully saturated rings. The van der Waals surface area contributed by atoms with Gasteiger partial charge in [0.1, 0.15) is 0 Å². The number of para-hydroxylation sites is 4. The molecule has 0 atom stereocenters. The molecule has 0 unspecified atom stereocenters. The van der Waals surface area contributed by atoms with E-state index in [1.807, 2.05) is 0 Å². The molecular formula is C66H50N2. The molecule has 2 heteroatoms. The van der Waals surface area contributed by atoms with E-state index in [9.17, 15) is 0 Å². The smallest absolute Gasteiger partial charge is 0.0547 e. The second kappa shape index (κ2) is 16.9. The molecule has 1 aliphatic carbocycles. The molecule has 0 spiro atoms. The molecule has 324 valence electrons. The van der Waals surface area contributed by atoms with E-state index in [4.69, 9.17) is 0 Å². The van der Waals surface area contributed by atoms with Crippen LogP contribution in [0.5, 0.6) is 0 Å². The lowest BCUT2D eigenvalue weighted by Crippen LogP contribution is -2.13. The van der Waals surface area contributed by atoms with Crippen molar-refractivity contribution in [1.29, 1.82) is 0 Å². The quantitative estimate of drug-likeness (QED) is 0.138. The SMILES string of the molecule is c1ccc(-n2c3ccccc3c3ccc(-c4cccc(N(c5ccccc5-c5cccc6c5ccc5ccccc56)c5ccccc5-c5cccc6cccc(C7CCCCC7)c56)c4)cc32)cc1. The van der Waals surface area contributed by atoms with Crippen LogP contribution in [0.25, 0.3) is 93.2 Å². The van der Waals surface area contributed by atoms with Crippen LogP contribution in [0.1, 0.15) is 43.6 Å². The first-order valence-corrected chi connectivity index (χ1v) is 24.4. The standard InChI is InChI=1S/C66H50N2/c1-3-19-45(20-4-1)53-32-16-22-47-23-17-35-61(66(47)53)59-31-11-14-38-64(59)68(62-36-12-9-29-57(62)55-34-18-33-54-52-28-8-7-21-46(52)39-41-56(54)55)51-27-15-24-48(43-51)49-40-42-60-58-30-10-13-37-63(58)67(65(60)44-49)50-25-5-2-6-26-50/h2,5-18,21-45H,1,3-4,19-20H2. The number of benzene rings is 11. The molecule has 0 radical (unpaired) electrons. The Hall–Kier alpha value is -8.20. The van der Waals surface area contributed by atoms with E-state index >= 15 is 0 Å². The van der Waals surface area contributed by atoms with Crippen LogP contribution >= 0.6 is 0 Å². The van der Waals surface area contributed by atoms with Crippen LogP contribution < -0.4 is 4.90 Å². The summed E-state index contributed by atoms with van der Waals surface area (Å²) in [6.07, 6.45) is 6.43. The highest BCUT2D eigenvalue weighted by Crippen LogP contribution is 2.49. The van der Waals surface area contributed by atoms with Gasteiger partial charge in [-0.25, -0.2) is 0 Å². The number of fused-ring (bicyclic) bond motifs is 7. The van der Waals surface area contributed by atoms with Gasteiger partial charge in [0.25, 0.3) is 0 Å². The van der Waals surface area contributed by atoms with Gasteiger partial charge < -0.3 is 9.47 Å². The lowest BCUT2D eigenvalue weighted by molar-refractivity contribution is 0.445. The highest BCUT2D eigenvalue weighted by atomic mass is 15.1. The van der Waals surface area contributed by atoms with Crippen molar-refractivity contribution in [3.8, 4) is 39.1 Å². The number of rotatable bonds is 8. The number of anilines is 3. The molecule has 68 heavy (non-hydrogen) atoms. The highest BCUT2D eigenvalue weighted by molar-refractivity contribution is 6.14. The van der Waals surface area contributed by atoms with E-state index in [2.05, 4.69) is 246 Å². The largest absolute Gasteiger partial charge is 0.309 e. The van der Waals surface area contributed by atoms with Crippen molar-refractivity contribution < 1.29 is 0 Å². The topological polar surface area (TPSA) is 8.17 Å². The van der Waals surface area contributed by atoms with Crippen LogP contribution in [0.3, 0.4) is 0 Å². The molecule has 11 aromatic carbocycles. The fourth-order valence-corrected chi connectivity index (χ4v) is 11.7. The predicted octanol–water partition coefficient (Wildman–Crippen LogP) is 18.8. The third kappa shape index (κ3) is 6.78. The van der Waals surface area contributed by atoms with Gasteiger partial charge in [0, 0.05) is 33.3 Å². The van der Waals surface area contributed by atoms with Crippen molar-refractivity contribution in [2.75, 3.05) is 4.90 Å². The fourth-order valence-electron chi connectivity index (χ4n) is 11.7. The maximum atomic E-state index is 2.54. The van der Waals surface area contributed by atoms with Gasteiger partial charge in [-0.1, -0.05) is 207 Å². The number of hydrogen-bond donors (Lipinski definition) is 0. The zero-order chi connectivity index (χ0) is 45.0. The first kappa shape index (κ1) is 40.1. The van der Waals surface area contributed by atoms with Gasteiger partial charge in [-0.15, -0.1) is 0 Å². The third-order valence-electron chi connectivity index (χ3n) is 14.8. The summed E-state index contributed by atoms with van der Waals surface area (Å²) in [5.41, 5.74) is 15.7. The normalized spacial score (nSPS) is 13.2. The molecule has 12 aromatic rings. The minimum absolute atomic E-state index is 0.564. The maximum Gasteiger partial charge on any atom is 0.0547 e. The van der Waals surface area contributed by atoms with Crippen molar-refractivity contribution in [2.45, 2.75) is 38.0 Å². The van der Waals surface area contributed by atoms with Crippen molar-refractivity contribution in [2.24, 2.45) is 0 Å². The van der Waals surface area contributed by atoms with Gasteiger partial charge in [-0.2, -0.15) is 0 Å². The first-order valence-electron chi connectivity index (χ1n) is 24.4. The summed E-state index contributed by atoms with van der Waals surface area (Å²) in [7, 11) is 0. The summed E-state index contributed by atoms with van der Waals surface area (Å²) in [6.45, 7) is 0. The van der Waals surface area contributed by atoms with Crippen molar-refractivity contribution in [3.05, 3.63) is 242 Å². The molecule has 1 aliphatic rings. The molecule has 0 N–H and O–H groups in total. The average molecular weight is 871 g/mol. The van der Waals surface area contributed by atoms with Crippen LogP contribution in [0.15, 0.2) is 237 Å². The Morgan fingerprint density at radius 1 is 0.353 bits per heavy atom. The predicted molar refractivity (Wildman–Crippen MR) is 290 cm³/mol. The van der Waals surface area contributed by atoms with Gasteiger partial charge in [0.15, 0.2) is 0 Å². The lowest BCUT2D eigenvalue weighted by atomic mass is 9.80. The summed E-state index contributed by atoms with van der Waals surface area (Å²) in [4.78, 5) is 2.54. The Morgan fingerprint density at radius 2 is 0.941 bits per heavy atom. The van der Waals surface area contributed by atoms with E-state index in [0.717, 1.165) is 28.3 Å². The van der Waals surface area contributed by atoms with Gasteiger partial charge in [0.05, 0.1) is 22.4 Å². The monoisotopic (exact) mass is 870 g/mol. The summed E-state index contributed by atoms with van der Waals surface area (Å²) in [5, 5.41) is 10.2. The molecule has 2 nitrogen and oxygen atoms in total. The molecule has 1 heterocycles. The highest BCUT2D eigenvalue weighted by Gasteiger charge is 2.25. The summed E-state index contributed by atoms with van der Waals surface area (Å²) in [5.74, 6) is 0.564. The van der Waals surface area contributed by atoms with Crippen LogP contribution in [0, 0.1) is 0 Å². The molecule has 1 saturated carbocycles. The zero-order valence-corrected chi connectivity index (χ0v) is 38.0. The third-order valence-corrected chi connectivity index (χ3v) is 14.8. The molecule has 0 aliphatic heterocycles. The maximum absolute atomic E-state index is 2.54. The average Bonchev–Trinajstić information content (AvgIpc) is 3.75. The Balaban J connectivity index is 1.05. The fraction of sp³-hybridized carbons (Fsp3) is 0.0909. The molecule has 1 aromatic heterocycles. The Morgan fingerprint density at radius 3 is 1.78 bits per heavy atom. The van der Waals surface area contributed by atoms with Crippen molar-refractivity contribution in [1.82, 2.24) is 4.57 Å². The van der Waals surface area contributed by atoms with Crippen molar-refractivity contribution in [3.63, 3.8) is 0 Å². The Kier molecular flexibility index (Phi) is 9.97. The Bertz CT molecular complexity index is 3850. The van der Waals surface area contributed by atoms with Gasteiger partial charge in [-0.05, 0) is 127 Å². The second-order valence-corrected chi connectivity index (χ2v) is 18.6. The van der Waals surface area contributed by atoms with Gasteiger partial charge >= 0.3 is 0 Å². The van der Waals surface area contributed by atoms with Crippen LogP contribution in [-0.4, -0.2) is 4.57 Å². The number of aromatic nitrogens is 1. The van der Waals surface area contributed by atoms with E-state index in [-0.39, 0.29) is 0 Å². The molecular weight excluding hydrogens is 821 g/mol. The zero-order valence-electron chi connectivity index (χ0n) is 38.0. The molecule has 0 saturated heterocycles. The second-order valence-electron chi connectivity index (χ2n) is 18.6. The summed E-state index contributed by atoms with van der Waals surface area (Å²) >= 11 is 0. The van der Waals surface area contributed by atoms with Gasteiger partial charge in [-0.3, -0.25) is 0 Å².